The fraction of sp³-hybridized carbons (Fsp3) is 0.154. The van der Waals surface area contributed by atoms with E-state index < -0.39 is 11.7 Å². The quantitative estimate of drug-likeness (QED) is 0.385. The summed E-state index contributed by atoms with van der Waals surface area (Å²) in [7, 11) is 0. The molecule has 1 aromatic heterocycles. The summed E-state index contributed by atoms with van der Waals surface area (Å²) in [6.07, 6.45) is 2.58. The Morgan fingerprint density at radius 2 is 1.81 bits per heavy atom. The predicted molar refractivity (Wildman–Crippen MR) is 123 cm³/mol. The normalized spacial score (nSPS) is 10.8. The number of hydrogen-bond acceptors (Lipinski definition) is 3. The lowest BCUT2D eigenvalue weighted by Crippen LogP contribution is -2.26. The number of halogens is 1. The van der Waals surface area contributed by atoms with E-state index in [9.17, 15) is 9.18 Å². The van der Waals surface area contributed by atoms with Gasteiger partial charge in [-0.25, -0.2) is 9.37 Å². The fourth-order valence-corrected chi connectivity index (χ4v) is 3.63. The van der Waals surface area contributed by atoms with Crippen molar-refractivity contribution < 1.29 is 13.9 Å². The van der Waals surface area contributed by atoms with Crippen LogP contribution in [0.25, 0.3) is 11.0 Å². The van der Waals surface area contributed by atoms with Gasteiger partial charge in [0, 0.05) is 0 Å². The van der Waals surface area contributed by atoms with E-state index in [4.69, 9.17) is 4.74 Å². The van der Waals surface area contributed by atoms with Gasteiger partial charge in [-0.15, -0.1) is 6.58 Å². The van der Waals surface area contributed by atoms with E-state index >= 15 is 0 Å². The number of amides is 1. The molecule has 4 rings (SSSR count). The number of benzene rings is 3. The number of fused-ring (bicyclic) bond motifs is 1. The van der Waals surface area contributed by atoms with E-state index in [0.29, 0.717) is 19.0 Å². The summed E-state index contributed by atoms with van der Waals surface area (Å²) in [5.41, 5.74) is 2.87. The average molecular weight is 429 g/mol. The minimum atomic E-state index is -0.551. The van der Waals surface area contributed by atoms with Crippen molar-refractivity contribution in [3.05, 3.63) is 108 Å². The van der Waals surface area contributed by atoms with Gasteiger partial charge in [0.05, 0.1) is 29.7 Å². The SMILES string of the molecule is C=CCc1ccccc1OCCn1c(CNC(=O)c2ccccc2F)nc2ccccc21. The Labute approximate surface area is 186 Å². The first-order valence-corrected chi connectivity index (χ1v) is 10.5. The molecule has 0 saturated carbocycles. The van der Waals surface area contributed by atoms with Crippen molar-refractivity contribution >= 4 is 16.9 Å². The summed E-state index contributed by atoms with van der Waals surface area (Å²) in [6, 6.07) is 21.6. The Morgan fingerprint density at radius 1 is 1.06 bits per heavy atom. The number of ether oxygens (including phenoxy) is 1. The van der Waals surface area contributed by atoms with Gasteiger partial charge in [-0.1, -0.05) is 48.5 Å². The molecular weight excluding hydrogens is 405 g/mol. The van der Waals surface area contributed by atoms with Crippen molar-refractivity contribution in [2.45, 2.75) is 19.5 Å². The van der Waals surface area contributed by atoms with Gasteiger partial charge in [-0.05, 0) is 42.3 Å². The molecule has 1 amide bonds. The molecule has 0 aliphatic rings. The molecule has 0 saturated heterocycles. The number of para-hydroxylation sites is 3. The molecule has 0 fully saturated rings. The van der Waals surface area contributed by atoms with Crippen molar-refractivity contribution in [2.24, 2.45) is 0 Å². The van der Waals surface area contributed by atoms with Crippen molar-refractivity contribution in [2.75, 3.05) is 6.61 Å². The van der Waals surface area contributed by atoms with Gasteiger partial charge in [0.15, 0.2) is 0 Å². The highest BCUT2D eigenvalue weighted by Gasteiger charge is 2.14. The summed E-state index contributed by atoms with van der Waals surface area (Å²) in [5, 5.41) is 2.78. The second-order valence-electron chi connectivity index (χ2n) is 7.28. The summed E-state index contributed by atoms with van der Waals surface area (Å²) in [6.45, 7) is 4.96. The third-order valence-electron chi connectivity index (χ3n) is 5.17. The lowest BCUT2D eigenvalue weighted by atomic mass is 10.1. The molecular formula is C26H24FN3O2. The second-order valence-corrected chi connectivity index (χ2v) is 7.28. The minimum absolute atomic E-state index is 0.0114. The van der Waals surface area contributed by atoms with Gasteiger partial charge in [0.2, 0.25) is 0 Å². The summed E-state index contributed by atoms with van der Waals surface area (Å²) >= 11 is 0. The van der Waals surface area contributed by atoms with E-state index in [1.807, 2.05) is 59.2 Å². The van der Waals surface area contributed by atoms with Gasteiger partial charge in [0.25, 0.3) is 5.91 Å². The molecule has 0 radical (unpaired) electrons. The molecule has 1 N–H and O–H groups in total. The van der Waals surface area contributed by atoms with Crippen LogP contribution in [-0.2, 0) is 19.5 Å². The maximum Gasteiger partial charge on any atom is 0.254 e. The molecule has 1 heterocycles. The molecule has 0 spiro atoms. The van der Waals surface area contributed by atoms with Crippen LogP contribution in [0, 0.1) is 5.82 Å². The summed E-state index contributed by atoms with van der Waals surface area (Å²) in [4.78, 5) is 17.1. The van der Waals surface area contributed by atoms with Gasteiger partial charge < -0.3 is 14.6 Å². The Morgan fingerprint density at radius 3 is 2.66 bits per heavy atom. The highest BCUT2D eigenvalue weighted by Crippen LogP contribution is 2.20. The van der Waals surface area contributed by atoms with E-state index in [-0.39, 0.29) is 12.1 Å². The highest BCUT2D eigenvalue weighted by atomic mass is 19.1. The van der Waals surface area contributed by atoms with Crippen LogP contribution in [0.2, 0.25) is 0 Å². The number of hydrogen-bond donors (Lipinski definition) is 1. The molecule has 5 nitrogen and oxygen atoms in total. The first-order valence-electron chi connectivity index (χ1n) is 10.5. The average Bonchev–Trinajstić information content (AvgIpc) is 3.16. The smallest absolute Gasteiger partial charge is 0.254 e. The number of carbonyl (C=O) groups excluding carboxylic acids is 1. The second kappa shape index (κ2) is 9.92. The van der Waals surface area contributed by atoms with Crippen LogP contribution in [0.1, 0.15) is 21.7 Å². The van der Waals surface area contributed by atoms with E-state index in [1.54, 1.807) is 12.1 Å². The predicted octanol–water partition coefficient (Wildman–Crippen LogP) is 4.91. The van der Waals surface area contributed by atoms with Crippen molar-refractivity contribution in [1.82, 2.24) is 14.9 Å². The molecule has 0 bridgehead atoms. The summed E-state index contributed by atoms with van der Waals surface area (Å²) in [5.74, 6) is 0.478. The number of carbonyl (C=O) groups is 1. The lowest BCUT2D eigenvalue weighted by molar-refractivity contribution is 0.0945. The van der Waals surface area contributed by atoms with Crippen LogP contribution in [0.4, 0.5) is 4.39 Å². The third-order valence-corrected chi connectivity index (χ3v) is 5.17. The van der Waals surface area contributed by atoms with E-state index in [0.717, 1.165) is 28.8 Å². The molecule has 0 atom stereocenters. The number of rotatable bonds is 9. The molecule has 32 heavy (non-hydrogen) atoms. The van der Waals surface area contributed by atoms with Crippen LogP contribution in [0.5, 0.6) is 5.75 Å². The van der Waals surface area contributed by atoms with Crippen LogP contribution < -0.4 is 10.1 Å². The van der Waals surface area contributed by atoms with Crippen LogP contribution in [0.3, 0.4) is 0 Å². The molecule has 4 aromatic rings. The number of aromatic nitrogens is 2. The van der Waals surface area contributed by atoms with Crippen molar-refractivity contribution in [1.29, 1.82) is 0 Å². The van der Waals surface area contributed by atoms with Crippen LogP contribution in [-0.4, -0.2) is 22.1 Å². The van der Waals surface area contributed by atoms with Gasteiger partial charge in [-0.2, -0.15) is 0 Å². The summed E-state index contributed by atoms with van der Waals surface area (Å²) < 4.78 is 22.0. The van der Waals surface area contributed by atoms with Gasteiger partial charge in [-0.3, -0.25) is 4.79 Å². The van der Waals surface area contributed by atoms with E-state index in [2.05, 4.69) is 16.9 Å². The highest BCUT2D eigenvalue weighted by molar-refractivity contribution is 5.94. The van der Waals surface area contributed by atoms with Crippen molar-refractivity contribution in [3.63, 3.8) is 0 Å². The van der Waals surface area contributed by atoms with Crippen molar-refractivity contribution in [3.8, 4) is 5.75 Å². The third kappa shape index (κ3) is 4.70. The zero-order valence-electron chi connectivity index (χ0n) is 17.6. The van der Waals surface area contributed by atoms with Crippen LogP contribution in [0.15, 0.2) is 85.5 Å². The monoisotopic (exact) mass is 429 g/mol. The maximum atomic E-state index is 13.9. The topological polar surface area (TPSA) is 56.1 Å². The first-order chi connectivity index (χ1) is 15.7. The molecule has 3 aromatic carbocycles. The molecule has 6 heteroatoms. The lowest BCUT2D eigenvalue weighted by Gasteiger charge is -2.13. The Kier molecular flexibility index (Phi) is 6.60. The molecule has 162 valence electrons. The van der Waals surface area contributed by atoms with E-state index in [1.165, 1.54) is 12.1 Å². The molecule has 0 aliphatic heterocycles. The van der Waals surface area contributed by atoms with Gasteiger partial charge >= 0.3 is 0 Å². The van der Waals surface area contributed by atoms with Crippen LogP contribution >= 0.6 is 0 Å². The largest absolute Gasteiger partial charge is 0.491 e. The number of allylic oxidation sites excluding steroid dienone is 1. The Hall–Kier alpha value is -3.93. The fourth-order valence-electron chi connectivity index (χ4n) is 3.63. The first kappa shape index (κ1) is 21.3. The van der Waals surface area contributed by atoms with Gasteiger partial charge in [0.1, 0.15) is 24.0 Å². The molecule has 0 unspecified atom stereocenters. The number of nitrogens with one attached hydrogen (secondary N) is 1. The standard InChI is InChI=1S/C26H24FN3O2/c1-2-9-19-10-3-8-15-24(19)32-17-16-30-23-14-7-6-13-22(23)29-25(30)18-28-26(31)20-11-4-5-12-21(20)27/h2-8,10-15H,1,9,16-18H2,(H,28,31). The Bertz CT molecular complexity index is 1250. The minimum Gasteiger partial charge on any atom is -0.491 e. The zero-order valence-corrected chi connectivity index (χ0v) is 17.6. The number of imidazole rings is 1. The maximum absolute atomic E-state index is 13.9. The Balaban J connectivity index is 1.50. The molecule has 0 aliphatic carbocycles. The number of nitrogens with zero attached hydrogens (tertiary/aromatic N) is 2. The zero-order chi connectivity index (χ0) is 22.3.